The van der Waals surface area contributed by atoms with Crippen LogP contribution in [0.5, 0.6) is 0 Å². The Labute approximate surface area is 196 Å². The van der Waals surface area contributed by atoms with Crippen molar-refractivity contribution < 1.29 is 8.78 Å². The number of aromatic nitrogens is 4. The number of hydrogen-bond donors (Lipinski definition) is 0. The predicted octanol–water partition coefficient (Wildman–Crippen LogP) is 4.38. The van der Waals surface area contributed by atoms with E-state index in [1.165, 1.54) is 39.7 Å². The summed E-state index contributed by atoms with van der Waals surface area (Å²) >= 11 is 6.15. The van der Waals surface area contributed by atoms with Crippen LogP contribution in [0.1, 0.15) is 11.1 Å². The average molecular weight is 479 g/mol. The monoisotopic (exact) mass is 478 g/mol. The van der Waals surface area contributed by atoms with E-state index in [-0.39, 0.29) is 29.8 Å². The first kappa shape index (κ1) is 21.8. The third kappa shape index (κ3) is 3.82. The van der Waals surface area contributed by atoms with Gasteiger partial charge < -0.3 is 4.57 Å². The van der Waals surface area contributed by atoms with Crippen molar-refractivity contribution >= 4 is 22.8 Å². The summed E-state index contributed by atoms with van der Waals surface area (Å²) in [6.07, 6.45) is 1.38. The molecule has 0 amide bonds. The maximum absolute atomic E-state index is 14.4. The SMILES string of the molecule is O=c1c2c(ncn2Cc2ccccc2F)n(-c2cccc(Cl)c2)c(=O)n1Cc1ccccc1F. The molecule has 6 nitrogen and oxygen atoms in total. The highest BCUT2D eigenvalue weighted by Gasteiger charge is 2.21. The number of nitrogens with zero attached hydrogens (tertiary/aromatic N) is 4. The Morgan fingerprint density at radius 1 is 0.824 bits per heavy atom. The number of rotatable bonds is 5. The normalized spacial score (nSPS) is 11.3. The molecule has 0 aliphatic heterocycles. The van der Waals surface area contributed by atoms with Crippen LogP contribution in [0.4, 0.5) is 8.78 Å². The molecule has 2 aromatic heterocycles. The maximum Gasteiger partial charge on any atom is 0.337 e. The lowest BCUT2D eigenvalue weighted by atomic mass is 10.2. The topological polar surface area (TPSA) is 61.8 Å². The summed E-state index contributed by atoms with van der Waals surface area (Å²) in [5.74, 6) is -0.970. The van der Waals surface area contributed by atoms with Crippen molar-refractivity contribution in [2.45, 2.75) is 13.1 Å². The van der Waals surface area contributed by atoms with Crippen molar-refractivity contribution in [3.63, 3.8) is 0 Å². The Kier molecular flexibility index (Phi) is 5.59. The van der Waals surface area contributed by atoms with Gasteiger partial charge in [0.05, 0.1) is 25.1 Å². The first-order chi connectivity index (χ1) is 16.4. The molecule has 0 bridgehead atoms. The molecule has 0 atom stereocenters. The fraction of sp³-hybridized carbons (Fsp3) is 0.0800. The first-order valence-corrected chi connectivity index (χ1v) is 10.8. The summed E-state index contributed by atoms with van der Waals surface area (Å²) in [4.78, 5) is 31.3. The number of benzene rings is 3. The van der Waals surface area contributed by atoms with Gasteiger partial charge >= 0.3 is 5.69 Å². The highest BCUT2D eigenvalue weighted by Crippen LogP contribution is 2.19. The molecular weight excluding hydrogens is 462 g/mol. The molecule has 34 heavy (non-hydrogen) atoms. The van der Waals surface area contributed by atoms with E-state index in [0.717, 1.165) is 4.57 Å². The second-order valence-electron chi connectivity index (χ2n) is 7.72. The summed E-state index contributed by atoms with van der Waals surface area (Å²) in [5, 5.41) is 0.384. The van der Waals surface area contributed by atoms with Crippen molar-refractivity contribution in [1.82, 2.24) is 18.7 Å². The Morgan fingerprint density at radius 2 is 1.47 bits per heavy atom. The quantitative estimate of drug-likeness (QED) is 0.377. The van der Waals surface area contributed by atoms with E-state index in [0.29, 0.717) is 16.3 Å². The number of halogens is 3. The molecule has 170 valence electrons. The molecule has 0 radical (unpaired) electrons. The zero-order valence-electron chi connectivity index (χ0n) is 17.7. The van der Waals surface area contributed by atoms with Crippen LogP contribution in [-0.2, 0) is 13.1 Å². The van der Waals surface area contributed by atoms with Crippen molar-refractivity contribution in [2.75, 3.05) is 0 Å². The molecule has 0 aliphatic rings. The third-order valence-electron chi connectivity index (χ3n) is 5.55. The van der Waals surface area contributed by atoms with Gasteiger partial charge in [0.1, 0.15) is 11.6 Å². The summed E-state index contributed by atoms with van der Waals surface area (Å²) < 4.78 is 32.4. The molecule has 0 saturated heterocycles. The van der Waals surface area contributed by atoms with Gasteiger partial charge in [-0.2, -0.15) is 0 Å². The van der Waals surface area contributed by atoms with E-state index in [1.807, 2.05) is 0 Å². The van der Waals surface area contributed by atoms with E-state index in [2.05, 4.69) is 4.98 Å². The summed E-state index contributed by atoms with van der Waals surface area (Å²) in [6, 6.07) is 18.6. The molecule has 3 aromatic carbocycles. The molecule has 0 aliphatic carbocycles. The van der Waals surface area contributed by atoms with Gasteiger partial charge in [-0.05, 0) is 30.3 Å². The lowest BCUT2D eigenvalue weighted by molar-refractivity contribution is 0.585. The lowest BCUT2D eigenvalue weighted by Gasteiger charge is -2.13. The van der Waals surface area contributed by atoms with Gasteiger partial charge in [-0.3, -0.25) is 9.36 Å². The molecule has 0 fully saturated rings. The summed E-state index contributed by atoms with van der Waals surface area (Å²) in [5.41, 5.74) is -0.255. The zero-order chi connectivity index (χ0) is 23.8. The molecule has 2 heterocycles. The van der Waals surface area contributed by atoms with Crippen molar-refractivity contribution in [3.05, 3.63) is 128 Å². The largest absolute Gasteiger partial charge is 0.337 e. The molecule has 0 saturated carbocycles. The third-order valence-corrected chi connectivity index (χ3v) is 5.79. The van der Waals surface area contributed by atoms with Crippen LogP contribution in [0, 0.1) is 11.6 Å². The minimum atomic E-state index is -0.695. The Bertz CT molecular complexity index is 1660. The van der Waals surface area contributed by atoms with Crippen molar-refractivity contribution in [3.8, 4) is 5.69 Å². The van der Waals surface area contributed by atoms with Gasteiger partial charge in [0.2, 0.25) is 0 Å². The second-order valence-corrected chi connectivity index (χ2v) is 8.15. The van der Waals surface area contributed by atoms with E-state index >= 15 is 0 Å². The molecule has 0 unspecified atom stereocenters. The van der Waals surface area contributed by atoms with Crippen LogP contribution in [0.2, 0.25) is 5.02 Å². The number of fused-ring (bicyclic) bond motifs is 1. The minimum absolute atomic E-state index is 0.0197. The lowest BCUT2D eigenvalue weighted by Crippen LogP contribution is -2.40. The van der Waals surface area contributed by atoms with Crippen molar-refractivity contribution in [2.24, 2.45) is 0 Å². The number of imidazole rings is 1. The van der Waals surface area contributed by atoms with Crippen LogP contribution < -0.4 is 11.2 Å². The molecule has 9 heteroatoms. The fourth-order valence-corrected chi connectivity index (χ4v) is 4.08. The van der Waals surface area contributed by atoms with Crippen LogP contribution in [-0.4, -0.2) is 18.7 Å². The highest BCUT2D eigenvalue weighted by atomic mass is 35.5. The Morgan fingerprint density at radius 3 is 2.12 bits per heavy atom. The molecule has 0 spiro atoms. The fourth-order valence-electron chi connectivity index (χ4n) is 3.89. The zero-order valence-corrected chi connectivity index (χ0v) is 18.4. The van der Waals surface area contributed by atoms with Gasteiger partial charge in [-0.15, -0.1) is 0 Å². The van der Waals surface area contributed by atoms with E-state index in [1.54, 1.807) is 48.5 Å². The molecular formula is C25H17ClF2N4O2. The van der Waals surface area contributed by atoms with Gasteiger partial charge in [-0.1, -0.05) is 54.1 Å². The molecule has 0 N–H and O–H groups in total. The summed E-state index contributed by atoms with van der Waals surface area (Å²) in [7, 11) is 0. The minimum Gasteiger partial charge on any atom is -0.320 e. The van der Waals surface area contributed by atoms with E-state index in [4.69, 9.17) is 11.6 Å². The van der Waals surface area contributed by atoms with Crippen LogP contribution in [0.15, 0.2) is 88.7 Å². The smallest absolute Gasteiger partial charge is 0.320 e. The second kappa shape index (κ2) is 8.72. The van der Waals surface area contributed by atoms with E-state index in [9.17, 15) is 18.4 Å². The average Bonchev–Trinajstić information content (AvgIpc) is 3.23. The van der Waals surface area contributed by atoms with Gasteiger partial charge in [0.25, 0.3) is 5.56 Å². The van der Waals surface area contributed by atoms with Crippen LogP contribution in [0.3, 0.4) is 0 Å². The van der Waals surface area contributed by atoms with Crippen LogP contribution >= 0.6 is 11.6 Å². The summed E-state index contributed by atoms with van der Waals surface area (Å²) in [6.45, 7) is -0.266. The highest BCUT2D eigenvalue weighted by molar-refractivity contribution is 6.30. The van der Waals surface area contributed by atoms with Gasteiger partial charge in [-0.25, -0.2) is 23.1 Å². The van der Waals surface area contributed by atoms with Gasteiger partial charge in [0.15, 0.2) is 11.2 Å². The number of hydrogen-bond acceptors (Lipinski definition) is 3. The van der Waals surface area contributed by atoms with Crippen molar-refractivity contribution in [1.29, 1.82) is 0 Å². The Hall–Kier alpha value is -4.04. The van der Waals surface area contributed by atoms with Crippen LogP contribution in [0.25, 0.3) is 16.9 Å². The Balaban J connectivity index is 1.79. The predicted molar refractivity (Wildman–Crippen MR) is 126 cm³/mol. The first-order valence-electron chi connectivity index (χ1n) is 10.4. The molecule has 5 rings (SSSR count). The van der Waals surface area contributed by atoms with E-state index < -0.39 is 22.9 Å². The standard InChI is InChI=1S/C25H17ClF2N4O2/c26-18-8-5-9-19(12-18)32-23-22(30(15-29-23)13-16-6-1-3-10-20(16)27)24(33)31(25(32)34)14-17-7-2-4-11-21(17)28/h1-12,15H,13-14H2. The van der Waals surface area contributed by atoms with Gasteiger partial charge in [0, 0.05) is 16.1 Å². The molecule has 5 aromatic rings. The maximum atomic E-state index is 14.4.